The molecule has 1 atom stereocenters. The smallest absolute Gasteiger partial charge is 0.00243 e. The Morgan fingerprint density at radius 1 is 0.773 bits per heavy atom. The molecule has 0 N–H and O–H groups in total. The van der Waals surface area contributed by atoms with Gasteiger partial charge in [0.25, 0.3) is 0 Å². The summed E-state index contributed by atoms with van der Waals surface area (Å²) in [6.45, 7) is 0. The summed E-state index contributed by atoms with van der Waals surface area (Å²) < 4.78 is 0. The lowest BCUT2D eigenvalue weighted by molar-refractivity contribution is 0.634. The largest absolute Gasteiger partial charge is 0.0807 e. The molecule has 22 heavy (non-hydrogen) atoms. The van der Waals surface area contributed by atoms with Gasteiger partial charge in [-0.1, -0.05) is 42.5 Å². The third-order valence-electron chi connectivity index (χ3n) is 5.14. The molecule has 5 rings (SSSR count). The second kappa shape index (κ2) is 4.58. The van der Waals surface area contributed by atoms with Crippen molar-refractivity contribution in [1.82, 2.24) is 0 Å². The zero-order valence-corrected chi connectivity index (χ0v) is 12.5. The van der Waals surface area contributed by atoms with E-state index in [0.29, 0.717) is 5.92 Å². The summed E-state index contributed by atoms with van der Waals surface area (Å²) in [6.07, 6.45) is 11.2. The molecule has 0 radical (unpaired) electrons. The number of hydrogen-bond donors (Lipinski definition) is 0. The van der Waals surface area contributed by atoms with Gasteiger partial charge in [-0.05, 0) is 81.1 Å². The zero-order valence-electron chi connectivity index (χ0n) is 12.5. The van der Waals surface area contributed by atoms with E-state index in [9.17, 15) is 0 Å². The topological polar surface area (TPSA) is 0 Å². The van der Waals surface area contributed by atoms with E-state index in [1.165, 1.54) is 56.8 Å². The van der Waals surface area contributed by atoms with Gasteiger partial charge in [-0.3, -0.25) is 0 Å². The van der Waals surface area contributed by atoms with E-state index in [4.69, 9.17) is 0 Å². The Morgan fingerprint density at radius 3 is 2.27 bits per heavy atom. The SMILES string of the molecule is C1=C2C=c3cc4cc5ccccc5cc4cc3=CC2CCC1. The molecule has 1 unspecified atom stereocenters. The van der Waals surface area contributed by atoms with Gasteiger partial charge in [-0.2, -0.15) is 0 Å². The monoisotopic (exact) mass is 282 g/mol. The number of hydrogen-bond acceptors (Lipinski definition) is 0. The van der Waals surface area contributed by atoms with Gasteiger partial charge in [0.1, 0.15) is 0 Å². The van der Waals surface area contributed by atoms with E-state index in [0.717, 1.165) is 0 Å². The molecule has 0 aromatic heterocycles. The number of fused-ring (bicyclic) bond motifs is 4. The molecule has 0 saturated carbocycles. The van der Waals surface area contributed by atoms with Crippen LogP contribution in [0.5, 0.6) is 0 Å². The van der Waals surface area contributed by atoms with Gasteiger partial charge in [-0.25, -0.2) is 0 Å². The average molecular weight is 282 g/mol. The minimum Gasteiger partial charge on any atom is -0.0807 e. The molecule has 3 aromatic rings. The summed E-state index contributed by atoms with van der Waals surface area (Å²) in [7, 11) is 0. The number of allylic oxidation sites excluding steroid dienone is 2. The molecule has 0 aliphatic heterocycles. The Kier molecular flexibility index (Phi) is 2.54. The first-order valence-corrected chi connectivity index (χ1v) is 8.23. The lowest BCUT2D eigenvalue weighted by Crippen LogP contribution is -2.30. The molecule has 0 fully saturated rings. The summed E-state index contributed by atoms with van der Waals surface area (Å²) >= 11 is 0. The zero-order chi connectivity index (χ0) is 14.5. The quantitative estimate of drug-likeness (QED) is 0.539. The maximum Gasteiger partial charge on any atom is 0.00243 e. The summed E-state index contributed by atoms with van der Waals surface area (Å²) in [4.78, 5) is 0. The van der Waals surface area contributed by atoms with Crippen LogP contribution in [0, 0.1) is 5.92 Å². The molecule has 0 spiro atoms. The summed E-state index contributed by atoms with van der Waals surface area (Å²) in [5.74, 6) is 0.638. The van der Waals surface area contributed by atoms with Crippen molar-refractivity contribution >= 4 is 33.7 Å². The summed E-state index contributed by atoms with van der Waals surface area (Å²) in [6, 6.07) is 18.0. The Labute approximate surface area is 130 Å². The Morgan fingerprint density at radius 2 is 1.50 bits per heavy atom. The van der Waals surface area contributed by atoms with E-state index < -0.39 is 0 Å². The normalized spacial score (nSPS) is 19.8. The highest BCUT2D eigenvalue weighted by Crippen LogP contribution is 2.28. The molecule has 0 saturated heterocycles. The van der Waals surface area contributed by atoms with Crippen molar-refractivity contribution in [2.75, 3.05) is 0 Å². The van der Waals surface area contributed by atoms with E-state index >= 15 is 0 Å². The van der Waals surface area contributed by atoms with Crippen molar-refractivity contribution in [2.24, 2.45) is 5.92 Å². The lowest BCUT2D eigenvalue weighted by atomic mass is 9.83. The molecule has 0 bridgehead atoms. The van der Waals surface area contributed by atoms with Crippen LogP contribution in [0.1, 0.15) is 19.3 Å². The van der Waals surface area contributed by atoms with Crippen LogP contribution in [0.25, 0.3) is 33.7 Å². The van der Waals surface area contributed by atoms with E-state index in [2.05, 4.69) is 66.8 Å². The molecular formula is C22H18. The summed E-state index contributed by atoms with van der Waals surface area (Å²) in [5, 5.41) is 8.14. The highest BCUT2D eigenvalue weighted by molar-refractivity contribution is 5.98. The van der Waals surface area contributed by atoms with Gasteiger partial charge in [0.15, 0.2) is 0 Å². The fraction of sp³-hybridized carbons (Fsp3) is 0.182. The second-order valence-corrected chi connectivity index (χ2v) is 6.58. The molecule has 0 amide bonds. The maximum atomic E-state index is 2.48. The predicted molar refractivity (Wildman–Crippen MR) is 95.1 cm³/mol. The number of rotatable bonds is 0. The van der Waals surface area contributed by atoms with Gasteiger partial charge in [-0.15, -0.1) is 0 Å². The number of benzene rings is 3. The van der Waals surface area contributed by atoms with Crippen molar-refractivity contribution in [2.45, 2.75) is 19.3 Å². The first-order valence-electron chi connectivity index (χ1n) is 8.23. The molecule has 0 heterocycles. The Bertz CT molecular complexity index is 1050. The standard InChI is InChI=1S/C22H18/c1-2-6-16-10-20-14-22-12-18-8-4-3-7-17(18)11-21(22)13-19(20)9-15(16)5-1/h1-2,5-7,9-14,18H,3-4,8H2. The minimum absolute atomic E-state index is 0.638. The van der Waals surface area contributed by atoms with E-state index in [1.54, 1.807) is 0 Å². The minimum atomic E-state index is 0.638. The van der Waals surface area contributed by atoms with Crippen LogP contribution in [-0.2, 0) is 0 Å². The maximum absolute atomic E-state index is 2.48. The fourth-order valence-electron chi connectivity index (χ4n) is 3.96. The van der Waals surface area contributed by atoms with Crippen LogP contribution in [0.2, 0.25) is 0 Å². The van der Waals surface area contributed by atoms with Gasteiger partial charge < -0.3 is 0 Å². The van der Waals surface area contributed by atoms with Crippen molar-refractivity contribution in [1.29, 1.82) is 0 Å². The molecule has 3 aromatic carbocycles. The lowest BCUT2D eigenvalue weighted by Gasteiger charge is -2.22. The van der Waals surface area contributed by atoms with Gasteiger partial charge in [0.05, 0.1) is 0 Å². The first-order chi connectivity index (χ1) is 10.9. The van der Waals surface area contributed by atoms with Crippen LogP contribution in [0.3, 0.4) is 0 Å². The van der Waals surface area contributed by atoms with Crippen LogP contribution in [0.4, 0.5) is 0 Å². The molecule has 106 valence electrons. The third kappa shape index (κ3) is 1.84. The van der Waals surface area contributed by atoms with Crippen molar-refractivity contribution in [3.05, 3.63) is 70.6 Å². The molecule has 2 aliphatic carbocycles. The second-order valence-electron chi connectivity index (χ2n) is 6.58. The van der Waals surface area contributed by atoms with E-state index in [-0.39, 0.29) is 0 Å². The molecule has 0 nitrogen and oxygen atoms in total. The van der Waals surface area contributed by atoms with Crippen LogP contribution < -0.4 is 10.4 Å². The van der Waals surface area contributed by atoms with Gasteiger partial charge >= 0.3 is 0 Å². The van der Waals surface area contributed by atoms with Crippen LogP contribution in [0.15, 0.2) is 60.2 Å². The first kappa shape index (κ1) is 12.2. The average Bonchev–Trinajstić information content (AvgIpc) is 2.56. The van der Waals surface area contributed by atoms with Gasteiger partial charge in [0, 0.05) is 5.92 Å². The highest BCUT2D eigenvalue weighted by Gasteiger charge is 2.16. The molecule has 2 aliphatic rings. The predicted octanol–water partition coefficient (Wildman–Crippen LogP) is 4.29. The van der Waals surface area contributed by atoms with Crippen LogP contribution in [-0.4, -0.2) is 0 Å². The molecule has 0 heteroatoms. The van der Waals surface area contributed by atoms with Crippen molar-refractivity contribution in [3.63, 3.8) is 0 Å². The fourth-order valence-corrected chi connectivity index (χ4v) is 3.96. The van der Waals surface area contributed by atoms with Gasteiger partial charge in [0.2, 0.25) is 0 Å². The molecular weight excluding hydrogens is 264 g/mol. The Hall–Kier alpha value is -2.34. The summed E-state index contributed by atoms with van der Waals surface area (Å²) in [5.41, 5.74) is 1.53. The van der Waals surface area contributed by atoms with Crippen LogP contribution >= 0.6 is 0 Å². The van der Waals surface area contributed by atoms with Crippen molar-refractivity contribution < 1.29 is 0 Å². The Balaban J connectivity index is 1.85. The van der Waals surface area contributed by atoms with Crippen molar-refractivity contribution in [3.8, 4) is 0 Å². The third-order valence-corrected chi connectivity index (χ3v) is 5.14. The highest BCUT2D eigenvalue weighted by atomic mass is 14.2. The van der Waals surface area contributed by atoms with E-state index in [1.807, 2.05) is 0 Å².